The zero-order valence-corrected chi connectivity index (χ0v) is 10.2. The van der Waals surface area contributed by atoms with E-state index in [2.05, 4.69) is 4.74 Å². The van der Waals surface area contributed by atoms with Crippen LogP contribution in [0.15, 0.2) is 0 Å². The van der Waals surface area contributed by atoms with E-state index in [1.807, 2.05) is 13.8 Å². The summed E-state index contributed by atoms with van der Waals surface area (Å²) in [6.07, 6.45) is 3.23. The topological polar surface area (TPSA) is 52.6 Å². The molecule has 92 valence electrons. The molecule has 0 spiro atoms. The van der Waals surface area contributed by atoms with E-state index in [1.54, 1.807) is 7.11 Å². The molecule has 1 heterocycles. The number of rotatable bonds is 6. The number of cyclic esters (lactones) is 2. The van der Waals surface area contributed by atoms with E-state index in [-0.39, 0.29) is 29.9 Å². The quantitative estimate of drug-likeness (QED) is 0.515. The highest BCUT2D eigenvalue weighted by Gasteiger charge is 2.42. The maximum absolute atomic E-state index is 11.5. The molecule has 1 rings (SSSR count). The molecule has 1 fully saturated rings. The minimum Gasteiger partial charge on any atom is -0.393 e. The Kier molecular flexibility index (Phi) is 4.93. The number of esters is 2. The highest BCUT2D eigenvalue weighted by Crippen LogP contribution is 2.30. The molecular weight excluding hydrogens is 208 g/mol. The number of carbonyl (C=O) groups is 2. The Balaban J connectivity index is 2.51. The molecule has 0 amide bonds. The maximum Gasteiger partial charge on any atom is 0.317 e. The first-order valence-corrected chi connectivity index (χ1v) is 5.92. The lowest BCUT2D eigenvalue weighted by Gasteiger charge is -2.16. The molecule has 3 atom stereocenters. The Morgan fingerprint density at radius 2 is 1.88 bits per heavy atom. The van der Waals surface area contributed by atoms with Gasteiger partial charge in [0.15, 0.2) is 0 Å². The fraction of sp³-hybridized carbons (Fsp3) is 0.833. The van der Waals surface area contributed by atoms with E-state index < -0.39 is 0 Å². The van der Waals surface area contributed by atoms with Crippen LogP contribution in [0.3, 0.4) is 0 Å². The smallest absolute Gasteiger partial charge is 0.317 e. The number of hydrogen-bond acceptors (Lipinski definition) is 4. The molecule has 0 radical (unpaired) electrons. The average Bonchev–Trinajstić information content (AvgIpc) is 2.54. The van der Waals surface area contributed by atoms with Crippen LogP contribution < -0.4 is 0 Å². The summed E-state index contributed by atoms with van der Waals surface area (Å²) in [5, 5.41) is 0. The van der Waals surface area contributed by atoms with Crippen molar-refractivity contribution in [1.82, 2.24) is 0 Å². The summed E-state index contributed by atoms with van der Waals surface area (Å²) in [6, 6.07) is 0. The predicted molar refractivity (Wildman–Crippen MR) is 58.7 cm³/mol. The van der Waals surface area contributed by atoms with Gasteiger partial charge in [-0.15, -0.1) is 0 Å². The summed E-state index contributed by atoms with van der Waals surface area (Å²) in [4.78, 5) is 22.8. The van der Waals surface area contributed by atoms with Crippen LogP contribution in [0.4, 0.5) is 0 Å². The fourth-order valence-corrected chi connectivity index (χ4v) is 2.20. The van der Waals surface area contributed by atoms with E-state index in [0.717, 1.165) is 12.8 Å². The SMILES string of the molecule is CCC(CCC1C(=O)OC(=O)C1CC)OC. The molecule has 1 aliphatic heterocycles. The van der Waals surface area contributed by atoms with Crippen molar-refractivity contribution in [3.63, 3.8) is 0 Å². The van der Waals surface area contributed by atoms with Crippen LogP contribution in [0.1, 0.15) is 39.5 Å². The minimum absolute atomic E-state index is 0.168. The van der Waals surface area contributed by atoms with Crippen molar-refractivity contribution in [2.45, 2.75) is 45.6 Å². The fourth-order valence-electron chi connectivity index (χ4n) is 2.20. The third-order valence-electron chi connectivity index (χ3n) is 3.32. The van der Waals surface area contributed by atoms with Crippen LogP contribution in [-0.4, -0.2) is 25.2 Å². The summed E-state index contributed by atoms with van der Waals surface area (Å²) < 4.78 is 9.91. The van der Waals surface area contributed by atoms with Gasteiger partial charge in [0.2, 0.25) is 0 Å². The van der Waals surface area contributed by atoms with Gasteiger partial charge in [-0.2, -0.15) is 0 Å². The van der Waals surface area contributed by atoms with Gasteiger partial charge in [0.1, 0.15) is 0 Å². The number of hydrogen-bond donors (Lipinski definition) is 0. The largest absolute Gasteiger partial charge is 0.393 e. The highest BCUT2D eigenvalue weighted by molar-refractivity contribution is 5.96. The van der Waals surface area contributed by atoms with Gasteiger partial charge in [-0.1, -0.05) is 13.8 Å². The lowest BCUT2D eigenvalue weighted by atomic mass is 9.87. The van der Waals surface area contributed by atoms with Crippen molar-refractivity contribution in [3.8, 4) is 0 Å². The Hall–Kier alpha value is -0.900. The Morgan fingerprint density at radius 3 is 2.38 bits per heavy atom. The summed E-state index contributed by atoms with van der Waals surface area (Å²) in [5.41, 5.74) is 0. The van der Waals surface area contributed by atoms with Gasteiger partial charge < -0.3 is 9.47 Å². The molecule has 16 heavy (non-hydrogen) atoms. The molecule has 0 aliphatic carbocycles. The number of carbonyl (C=O) groups excluding carboxylic acids is 2. The molecule has 0 aromatic carbocycles. The second-order valence-electron chi connectivity index (χ2n) is 4.20. The minimum atomic E-state index is -0.359. The lowest BCUT2D eigenvalue weighted by molar-refractivity contribution is -0.153. The normalized spacial score (nSPS) is 26.9. The van der Waals surface area contributed by atoms with Gasteiger partial charge in [0, 0.05) is 7.11 Å². The van der Waals surface area contributed by atoms with E-state index in [9.17, 15) is 9.59 Å². The Bertz CT molecular complexity index is 258. The molecule has 4 heteroatoms. The lowest BCUT2D eigenvalue weighted by Crippen LogP contribution is -2.20. The van der Waals surface area contributed by atoms with Gasteiger partial charge in [0.05, 0.1) is 17.9 Å². The molecule has 0 bridgehead atoms. The third kappa shape index (κ3) is 2.82. The summed E-state index contributed by atoms with van der Waals surface area (Å²) in [5.74, 6) is -1.23. The highest BCUT2D eigenvalue weighted by atomic mass is 16.6. The molecule has 3 unspecified atom stereocenters. The molecule has 0 aromatic heterocycles. The maximum atomic E-state index is 11.5. The molecule has 0 saturated carbocycles. The Labute approximate surface area is 96.3 Å². The first-order valence-electron chi connectivity index (χ1n) is 5.92. The standard InChI is InChI=1S/C12H20O4/c1-4-8(15-3)6-7-10-9(5-2)11(13)16-12(10)14/h8-10H,4-7H2,1-3H3. The van der Waals surface area contributed by atoms with Gasteiger partial charge in [-0.05, 0) is 25.7 Å². The molecule has 0 N–H and O–H groups in total. The van der Waals surface area contributed by atoms with Crippen LogP contribution in [0.25, 0.3) is 0 Å². The van der Waals surface area contributed by atoms with Crippen molar-refractivity contribution < 1.29 is 19.1 Å². The van der Waals surface area contributed by atoms with Crippen LogP contribution in [0, 0.1) is 11.8 Å². The van der Waals surface area contributed by atoms with Crippen LogP contribution in [0.2, 0.25) is 0 Å². The first kappa shape index (κ1) is 13.2. The predicted octanol–water partition coefficient (Wildman–Crippen LogP) is 1.92. The van der Waals surface area contributed by atoms with Crippen LogP contribution in [-0.2, 0) is 19.1 Å². The van der Waals surface area contributed by atoms with Gasteiger partial charge >= 0.3 is 11.9 Å². The zero-order chi connectivity index (χ0) is 12.1. The molecular formula is C12H20O4. The van der Waals surface area contributed by atoms with Crippen molar-refractivity contribution in [1.29, 1.82) is 0 Å². The van der Waals surface area contributed by atoms with Crippen LogP contribution >= 0.6 is 0 Å². The second kappa shape index (κ2) is 5.99. The second-order valence-corrected chi connectivity index (χ2v) is 4.20. The zero-order valence-electron chi connectivity index (χ0n) is 10.2. The van der Waals surface area contributed by atoms with E-state index in [0.29, 0.717) is 12.8 Å². The van der Waals surface area contributed by atoms with Crippen molar-refractivity contribution in [2.75, 3.05) is 7.11 Å². The van der Waals surface area contributed by atoms with E-state index in [1.165, 1.54) is 0 Å². The van der Waals surface area contributed by atoms with E-state index >= 15 is 0 Å². The van der Waals surface area contributed by atoms with Crippen molar-refractivity contribution >= 4 is 11.9 Å². The molecule has 0 aromatic rings. The first-order chi connectivity index (χ1) is 7.63. The van der Waals surface area contributed by atoms with Crippen molar-refractivity contribution in [2.24, 2.45) is 11.8 Å². The number of ether oxygens (including phenoxy) is 2. The Morgan fingerprint density at radius 1 is 1.25 bits per heavy atom. The van der Waals surface area contributed by atoms with Crippen molar-refractivity contribution in [3.05, 3.63) is 0 Å². The van der Waals surface area contributed by atoms with Gasteiger partial charge in [-0.3, -0.25) is 9.59 Å². The molecule has 4 nitrogen and oxygen atoms in total. The molecule has 1 saturated heterocycles. The third-order valence-corrected chi connectivity index (χ3v) is 3.32. The summed E-state index contributed by atoms with van der Waals surface area (Å²) in [6.45, 7) is 3.95. The molecule has 1 aliphatic rings. The van der Waals surface area contributed by atoms with Crippen LogP contribution in [0.5, 0.6) is 0 Å². The summed E-state index contributed by atoms with van der Waals surface area (Å²) in [7, 11) is 1.67. The number of methoxy groups -OCH3 is 1. The van der Waals surface area contributed by atoms with Gasteiger partial charge in [-0.25, -0.2) is 0 Å². The average molecular weight is 228 g/mol. The summed E-state index contributed by atoms with van der Waals surface area (Å²) >= 11 is 0. The monoisotopic (exact) mass is 228 g/mol. The van der Waals surface area contributed by atoms with E-state index in [4.69, 9.17) is 4.74 Å². The van der Waals surface area contributed by atoms with Gasteiger partial charge in [0.25, 0.3) is 0 Å².